The maximum absolute atomic E-state index is 13.1. The first-order valence-corrected chi connectivity index (χ1v) is 9.33. The van der Waals surface area contributed by atoms with Gasteiger partial charge in [0.1, 0.15) is 5.82 Å². The minimum atomic E-state index is -3.78. The Morgan fingerprint density at radius 3 is 2.76 bits per heavy atom. The maximum atomic E-state index is 13.1. The summed E-state index contributed by atoms with van der Waals surface area (Å²) in [5.74, 6) is 0.326. The van der Waals surface area contributed by atoms with Gasteiger partial charge in [-0.3, -0.25) is 4.72 Å². The minimum absolute atomic E-state index is 0.272. The zero-order chi connectivity index (χ0) is 17.6. The van der Waals surface area contributed by atoms with E-state index < -0.39 is 10.0 Å². The zero-order valence-electron chi connectivity index (χ0n) is 13.8. The third-order valence-corrected chi connectivity index (χ3v) is 6.02. The molecule has 1 aliphatic heterocycles. The number of azo groups is 1. The molecule has 0 radical (unpaired) electrons. The first-order chi connectivity index (χ1) is 12.0. The second-order valence-electron chi connectivity index (χ2n) is 6.03. The first kappa shape index (κ1) is 15.7. The lowest BCUT2D eigenvalue weighted by atomic mass is 10.0. The van der Waals surface area contributed by atoms with Crippen LogP contribution in [0.3, 0.4) is 0 Å². The van der Waals surface area contributed by atoms with E-state index in [1.807, 2.05) is 30.3 Å². The summed E-state index contributed by atoms with van der Waals surface area (Å²) < 4.78 is 28.8. The number of nitrogens with zero attached hydrogens (tertiary/aromatic N) is 3. The quantitative estimate of drug-likeness (QED) is 0.765. The highest BCUT2D eigenvalue weighted by Crippen LogP contribution is 2.36. The van der Waals surface area contributed by atoms with Gasteiger partial charge < -0.3 is 0 Å². The number of hydrogen-bond acceptors (Lipinski definition) is 5. The van der Waals surface area contributed by atoms with E-state index in [1.165, 1.54) is 0 Å². The second kappa shape index (κ2) is 5.63. The molecule has 0 amide bonds. The van der Waals surface area contributed by atoms with E-state index in [-0.39, 0.29) is 4.90 Å². The number of anilines is 1. The molecule has 0 fully saturated rings. The number of benzene rings is 2. The molecule has 2 heterocycles. The summed E-state index contributed by atoms with van der Waals surface area (Å²) in [7, 11) is -3.78. The van der Waals surface area contributed by atoms with E-state index in [0.717, 1.165) is 22.0 Å². The van der Waals surface area contributed by atoms with Crippen molar-refractivity contribution in [2.45, 2.75) is 25.3 Å². The number of rotatable bonds is 3. The van der Waals surface area contributed by atoms with Gasteiger partial charge in [0, 0.05) is 17.1 Å². The molecule has 126 valence electrons. The summed E-state index contributed by atoms with van der Waals surface area (Å²) in [6, 6.07) is 11.1. The summed E-state index contributed by atoms with van der Waals surface area (Å²) in [5, 5.41) is 9.75. The number of nitrogens with one attached hydrogen (secondary N) is 1. The summed E-state index contributed by atoms with van der Waals surface area (Å²) in [5.41, 5.74) is 2.94. The number of hydrogen-bond donors (Lipinski definition) is 1. The van der Waals surface area contributed by atoms with Gasteiger partial charge in [-0.2, -0.15) is 10.2 Å². The number of sulfonamides is 1. The Kier molecular flexibility index (Phi) is 3.54. The average Bonchev–Trinajstić information content (AvgIpc) is 3.03. The Morgan fingerprint density at radius 1 is 1.12 bits per heavy atom. The van der Waals surface area contributed by atoms with Crippen molar-refractivity contribution in [1.29, 1.82) is 0 Å². The Labute approximate surface area is 145 Å². The molecule has 1 aliphatic rings. The van der Waals surface area contributed by atoms with Crippen molar-refractivity contribution in [3.05, 3.63) is 59.3 Å². The van der Waals surface area contributed by atoms with Crippen molar-refractivity contribution >= 4 is 32.3 Å². The van der Waals surface area contributed by atoms with Crippen LogP contribution in [-0.2, 0) is 16.6 Å². The van der Waals surface area contributed by atoms with Gasteiger partial charge in [-0.25, -0.2) is 13.4 Å². The molecule has 0 unspecified atom stereocenters. The normalized spacial score (nSPS) is 13.2. The molecule has 3 aromatic rings. The summed E-state index contributed by atoms with van der Waals surface area (Å²) in [6.45, 7) is 3.98. The topological polar surface area (TPSA) is 83.8 Å². The number of aromatic nitrogens is 1. The molecular weight excluding hydrogens is 336 g/mol. The molecule has 7 heteroatoms. The second-order valence-corrected chi connectivity index (χ2v) is 7.65. The van der Waals surface area contributed by atoms with Crippen LogP contribution in [-0.4, -0.2) is 13.4 Å². The predicted octanol–water partition coefficient (Wildman–Crippen LogP) is 4.25. The molecule has 0 atom stereocenters. The summed E-state index contributed by atoms with van der Waals surface area (Å²) in [6.07, 6.45) is 1.60. The van der Waals surface area contributed by atoms with Crippen LogP contribution in [0.2, 0.25) is 0 Å². The fraction of sp³-hybridized carbons (Fsp3) is 0.167. The lowest BCUT2D eigenvalue weighted by Gasteiger charge is -2.15. The zero-order valence-corrected chi connectivity index (χ0v) is 14.6. The van der Waals surface area contributed by atoms with Gasteiger partial charge in [0.15, 0.2) is 0 Å². The molecule has 6 nitrogen and oxygen atoms in total. The molecule has 1 aromatic heterocycles. The van der Waals surface area contributed by atoms with Gasteiger partial charge in [0.2, 0.25) is 0 Å². The molecule has 1 N–H and O–H groups in total. The average molecular weight is 352 g/mol. The molecule has 0 aliphatic carbocycles. The van der Waals surface area contributed by atoms with E-state index in [9.17, 15) is 8.42 Å². The van der Waals surface area contributed by atoms with Crippen molar-refractivity contribution in [3.8, 4) is 0 Å². The number of pyridine rings is 1. The highest BCUT2D eigenvalue weighted by atomic mass is 32.2. The third-order valence-electron chi connectivity index (χ3n) is 4.39. The lowest BCUT2D eigenvalue weighted by Crippen LogP contribution is -2.17. The fourth-order valence-corrected chi connectivity index (χ4v) is 4.77. The molecular formula is C18H16N4O2S. The lowest BCUT2D eigenvalue weighted by molar-refractivity contribution is 0.599. The first-order valence-electron chi connectivity index (χ1n) is 7.84. The van der Waals surface area contributed by atoms with E-state index in [2.05, 4.69) is 19.9 Å². The van der Waals surface area contributed by atoms with Crippen molar-refractivity contribution in [2.24, 2.45) is 10.2 Å². The van der Waals surface area contributed by atoms with Gasteiger partial charge in [-0.05, 0) is 42.5 Å². The highest BCUT2D eigenvalue weighted by Gasteiger charge is 2.26. The standard InChI is InChI=1S/C18H16N4O2S/c1-11-9-16-15(10-20-21-16)12(2)17(11)25(23,24)22-18-14-6-4-3-5-13(14)7-8-19-18/h3-9H,10H2,1-2H3,(H,19,22). The van der Waals surface area contributed by atoms with Gasteiger partial charge in [0.05, 0.1) is 17.1 Å². The summed E-state index contributed by atoms with van der Waals surface area (Å²) >= 11 is 0. The van der Waals surface area contributed by atoms with Crippen molar-refractivity contribution in [1.82, 2.24) is 4.98 Å². The van der Waals surface area contributed by atoms with Crippen LogP contribution in [0.4, 0.5) is 11.5 Å². The highest BCUT2D eigenvalue weighted by molar-refractivity contribution is 7.92. The van der Waals surface area contributed by atoms with Crippen LogP contribution in [0.25, 0.3) is 10.8 Å². The van der Waals surface area contributed by atoms with Crippen molar-refractivity contribution < 1.29 is 8.42 Å². The maximum Gasteiger partial charge on any atom is 0.263 e. The minimum Gasteiger partial charge on any atom is -0.263 e. The van der Waals surface area contributed by atoms with Crippen LogP contribution < -0.4 is 4.72 Å². The number of fused-ring (bicyclic) bond motifs is 2. The van der Waals surface area contributed by atoms with Crippen LogP contribution in [0, 0.1) is 13.8 Å². The molecule has 0 saturated carbocycles. The molecule has 0 saturated heterocycles. The van der Waals surface area contributed by atoms with Crippen molar-refractivity contribution in [3.63, 3.8) is 0 Å². The van der Waals surface area contributed by atoms with Crippen LogP contribution in [0.1, 0.15) is 16.7 Å². The van der Waals surface area contributed by atoms with Gasteiger partial charge >= 0.3 is 0 Å². The Balaban J connectivity index is 1.84. The molecule has 4 rings (SSSR count). The van der Waals surface area contributed by atoms with Crippen LogP contribution in [0.5, 0.6) is 0 Å². The monoisotopic (exact) mass is 352 g/mol. The van der Waals surface area contributed by atoms with Gasteiger partial charge in [-0.1, -0.05) is 24.3 Å². The van der Waals surface area contributed by atoms with Gasteiger partial charge in [-0.15, -0.1) is 0 Å². The largest absolute Gasteiger partial charge is 0.263 e. The van der Waals surface area contributed by atoms with Crippen LogP contribution in [0.15, 0.2) is 57.7 Å². The number of aryl methyl sites for hydroxylation is 1. The Bertz CT molecular complexity index is 1130. The van der Waals surface area contributed by atoms with E-state index in [4.69, 9.17) is 0 Å². The molecule has 25 heavy (non-hydrogen) atoms. The van der Waals surface area contributed by atoms with E-state index in [1.54, 1.807) is 26.1 Å². The van der Waals surface area contributed by atoms with E-state index >= 15 is 0 Å². The molecule has 0 spiro atoms. The fourth-order valence-electron chi connectivity index (χ4n) is 3.25. The van der Waals surface area contributed by atoms with Crippen LogP contribution >= 0.6 is 0 Å². The summed E-state index contributed by atoms with van der Waals surface area (Å²) in [4.78, 5) is 4.49. The van der Waals surface area contributed by atoms with Gasteiger partial charge in [0.25, 0.3) is 10.0 Å². The Hall–Kier alpha value is -2.80. The predicted molar refractivity (Wildman–Crippen MR) is 96.7 cm³/mol. The molecule has 2 aromatic carbocycles. The molecule has 0 bridgehead atoms. The third kappa shape index (κ3) is 2.56. The SMILES string of the molecule is Cc1cc2c(c(C)c1S(=O)(=O)Nc1nccc3ccccc13)CN=N2. The van der Waals surface area contributed by atoms with Crippen molar-refractivity contribution in [2.75, 3.05) is 4.72 Å². The Morgan fingerprint density at radius 2 is 1.92 bits per heavy atom. The van der Waals surface area contributed by atoms with E-state index in [0.29, 0.717) is 23.5 Å². The smallest absolute Gasteiger partial charge is 0.263 e.